The van der Waals surface area contributed by atoms with Crippen molar-refractivity contribution in [1.29, 1.82) is 0 Å². The molecule has 1 aliphatic rings. The Morgan fingerprint density at radius 2 is 2.09 bits per heavy atom. The summed E-state index contributed by atoms with van der Waals surface area (Å²) in [6.45, 7) is 2.09. The lowest BCUT2D eigenvalue weighted by molar-refractivity contribution is -0.132. The second-order valence-electron chi connectivity index (χ2n) is 5.63. The summed E-state index contributed by atoms with van der Waals surface area (Å²) in [4.78, 5) is 40.7. The Morgan fingerprint density at radius 3 is 2.77 bits per heavy atom. The van der Waals surface area contributed by atoms with Crippen molar-refractivity contribution < 1.29 is 9.59 Å². The first kappa shape index (κ1) is 14.6. The molecule has 2 N–H and O–H groups in total. The van der Waals surface area contributed by atoms with Crippen molar-refractivity contribution in [2.45, 2.75) is 38.8 Å². The van der Waals surface area contributed by atoms with E-state index in [1.165, 1.54) is 4.57 Å². The smallest absolute Gasteiger partial charge is 0.262 e. The Labute approximate surface area is 127 Å². The maximum atomic E-state index is 12.7. The number of carbonyl (C=O) groups is 2. The number of nitrogens with zero attached hydrogens (tertiary/aromatic N) is 2. The molecule has 0 amide bonds. The molecule has 6 heteroatoms. The highest BCUT2D eigenvalue weighted by atomic mass is 16.2. The number of aromatic nitrogens is 2. The Bertz CT molecular complexity index is 838. The molecular weight excluding hydrogens is 282 g/mol. The van der Waals surface area contributed by atoms with Gasteiger partial charge in [-0.2, -0.15) is 0 Å². The van der Waals surface area contributed by atoms with Crippen LogP contribution in [0.15, 0.2) is 23.0 Å². The van der Waals surface area contributed by atoms with Crippen LogP contribution in [0.4, 0.5) is 0 Å². The Hall–Kier alpha value is -2.34. The molecule has 3 rings (SSSR count). The van der Waals surface area contributed by atoms with Gasteiger partial charge in [-0.25, -0.2) is 4.98 Å². The maximum absolute atomic E-state index is 12.7. The number of rotatable bonds is 2. The van der Waals surface area contributed by atoms with Crippen LogP contribution in [0.1, 0.15) is 36.7 Å². The highest BCUT2D eigenvalue weighted by Gasteiger charge is 2.30. The Kier molecular flexibility index (Phi) is 3.62. The van der Waals surface area contributed by atoms with Crippen LogP contribution in [0, 0.1) is 6.92 Å². The highest BCUT2D eigenvalue weighted by molar-refractivity contribution is 6.03. The van der Waals surface area contributed by atoms with Crippen molar-refractivity contribution in [3.63, 3.8) is 0 Å². The van der Waals surface area contributed by atoms with Crippen LogP contribution < -0.4 is 11.3 Å². The van der Waals surface area contributed by atoms with Gasteiger partial charge in [0.05, 0.1) is 23.4 Å². The molecule has 1 unspecified atom stereocenters. The first-order chi connectivity index (χ1) is 10.5. The van der Waals surface area contributed by atoms with E-state index in [0.717, 1.165) is 5.56 Å². The average Bonchev–Trinajstić information content (AvgIpc) is 2.48. The highest BCUT2D eigenvalue weighted by Crippen LogP contribution is 2.24. The number of hydrogen-bond donors (Lipinski definition) is 1. The second-order valence-corrected chi connectivity index (χ2v) is 5.63. The summed E-state index contributed by atoms with van der Waals surface area (Å²) in [7, 11) is 0. The van der Waals surface area contributed by atoms with Gasteiger partial charge in [0.15, 0.2) is 5.78 Å². The third-order valence-electron chi connectivity index (χ3n) is 4.13. The lowest BCUT2D eigenvalue weighted by Crippen LogP contribution is -2.36. The van der Waals surface area contributed by atoms with E-state index in [-0.39, 0.29) is 23.5 Å². The molecule has 1 atom stereocenters. The average molecular weight is 299 g/mol. The van der Waals surface area contributed by atoms with Crippen LogP contribution in [0.5, 0.6) is 0 Å². The van der Waals surface area contributed by atoms with Crippen molar-refractivity contribution in [2.75, 3.05) is 0 Å². The van der Waals surface area contributed by atoms with Gasteiger partial charge in [-0.3, -0.25) is 19.0 Å². The van der Waals surface area contributed by atoms with Crippen LogP contribution in [0.25, 0.3) is 10.9 Å². The fourth-order valence-electron chi connectivity index (χ4n) is 2.98. The van der Waals surface area contributed by atoms with E-state index in [1.807, 2.05) is 0 Å². The fourth-order valence-corrected chi connectivity index (χ4v) is 2.98. The largest absolute Gasteiger partial charge is 0.326 e. The molecule has 1 fully saturated rings. The number of fused-ring (bicyclic) bond motifs is 1. The van der Waals surface area contributed by atoms with Gasteiger partial charge in [0, 0.05) is 13.0 Å². The maximum Gasteiger partial charge on any atom is 0.262 e. The zero-order valence-corrected chi connectivity index (χ0v) is 12.3. The topological polar surface area (TPSA) is 95.0 Å². The third kappa shape index (κ3) is 2.35. The van der Waals surface area contributed by atoms with E-state index in [9.17, 15) is 14.4 Å². The summed E-state index contributed by atoms with van der Waals surface area (Å²) < 4.78 is 1.43. The molecule has 1 aromatic carbocycles. The van der Waals surface area contributed by atoms with E-state index >= 15 is 0 Å². The monoisotopic (exact) mass is 299 g/mol. The summed E-state index contributed by atoms with van der Waals surface area (Å²) in [6, 6.07) is 4.69. The van der Waals surface area contributed by atoms with Crippen molar-refractivity contribution in [3.05, 3.63) is 39.9 Å². The van der Waals surface area contributed by atoms with Crippen LogP contribution >= 0.6 is 0 Å². The van der Waals surface area contributed by atoms with Gasteiger partial charge in [-0.1, -0.05) is 6.07 Å². The summed E-state index contributed by atoms with van der Waals surface area (Å²) >= 11 is 0. The number of nitrogens with two attached hydrogens (primary N) is 1. The Morgan fingerprint density at radius 1 is 1.32 bits per heavy atom. The third-order valence-corrected chi connectivity index (χ3v) is 4.13. The minimum atomic E-state index is -0.587. The van der Waals surface area contributed by atoms with Crippen molar-refractivity contribution >= 4 is 22.5 Å². The fraction of sp³-hybridized carbons (Fsp3) is 0.375. The first-order valence-corrected chi connectivity index (χ1v) is 7.27. The molecule has 0 spiro atoms. The minimum Gasteiger partial charge on any atom is -0.326 e. The van der Waals surface area contributed by atoms with Crippen molar-refractivity contribution in [3.8, 4) is 0 Å². The molecular formula is C16H17N3O3. The van der Waals surface area contributed by atoms with Crippen LogP contribution in [-0.2, 0) is 16.1 Å². The predicted octanol–water partition coefficient (Wildman–Crippen LogP) is 1.03. The molecule has 22 heavy (non-hydrogen) atoms. The molecule has 1 aromatic heterocycles. The SMILES string of the molecule is Cc1nc2cc(CN)ccc2c(=O)n1C1CCC(=O)CC1=O. The lowest BCUT2D eigenvalue weighted by Gasteiger charge is -2.24. The van der Waals surface area contributed by atoms with Crippen molar-refractivity contribution in [1.82, 2.24) is 9.55 Å². The zero-order valence-electron chi connectivity index (χ0n) is 12.3. The molecule has 0 bridgehead atoms. The number of Topliss-reactive ketones (excluding diaryl/α,β-unsaturated/α-hetero) is 2. The number of carbonyl (C=O) groups excluding carboxylic acids is 2. The molecule has 114 valence electrons. The number of hydrogen-bond acceptors (Lipinski definition) is 5. The Balaban J connectivity index is 2.16. The molecule has 1 aliphatic carbocycles. The second kappa shape index (κ2) is 5.46. The normalized spacial score (nSPS) is 18.9. The number of benzene rings is 1. The first-order valence-electron chi connectivity index (χ1n) is 7.27. The molecule has 0 radical (unpaired) electrons. The van der Waals surface area contributed by atoms with E-state index in [4.69, 9.17) is 5.73 Å². The summed E-state index contributed by atoms with van der Waals surface area (Å²) in [6.07, 6.45) is 0.597. The molecule has 1 heterocycles. The summed E-state index contributed by atoms with van der Waals surface area (Å²) in [5, 5.41) is 0.465. The molecule has 0 aliphatic heterocycles. The molecule has 0 saturated heterocycles. The summed E-state index contributed by atoms with van der Waals surface area (Å²) in [5.74, 6) is 0.217. The van der Waals surface area contributed by atoms with E-state index < -0.39 is 6.04 Å². The van der Waals surface area contributed by atoms with E-state index in [2.05, 4.69) is 4.98 Å². The van der Waals surface area contributed by atoms with Gasteiger partial charge in [-0.15, -0.1) is 0 Å². The van der Waals surface area contributed by atoms with Gasteiger partial charge < -0.3 is 5.73 Å². The van der Waals surface area contributed by atoms with E-state index in [0.29, 0.717) is 36.1 Å². The minimum absolute atomic E-state index is 0.0618. The number of ketones is 2. The molecule has 2 aromatic rings. The lowest BCUT2D eigenvalue weighted by atomic mass is 9.92. The van der Waals surface area contributed by atoms with Gasteiger partial charge in [0.1, 0.15) is 11.6 Å². The zero-order chi connectivity index (χ0) is 15.9. The van der Waals surface area contributed by atoms with Gasteiger partial charge >= 0.3 is 0 Å². The van der Waals surface area contributed by atoms with E-state index in [1.54, 1.807) is 25.1 Å². The standard InChI is InChI=1S/C16H17N3O3/c1-9-18-13-6-10(8-17)2-4-12(13)16(22)19(9)14-5-3-11(20)7-15(14)21/h2,4,6,14H,3,5,7-8,17H2,1H3. The van der Waals surface area contributed by atoms with Gasteiger partial charge in [0.2, 0.25) is 0 Å². The number of aryl methyl sites for hydroxylation is 1. The van der Waals surface area contributed by atoms with Gasteiger partial charge in [0.25, 0.3) is 5.56 Å². The van der Waals surface area contributed by atoms with Crippen LogP contribution in [0.3, 0.4) is 0 Å². The predicted molar refractivity (Wildman–Crippen MR) is 81.5 cm³/mol. The van der Waals surface area contributed by atoms with Crippen LogP contribution in [0.2, 0.25) is 0 Å². The molecule has 6 nitrogen and oxygen atoms in total. The van der Waals surface area contributed by atoms with Crippen LogP contribution in [-0.4, -0.2) is 21.1 Å². The quantitative estimate of drug-likeness (QED) is 0.836. The summed E-state index contributed by atoms with van der Waals surface area (Å²) in [5.41, 5.74) is 6.85. The van der Waals surface area contributed by atoms with Gasteiger partial charge in [-0.05, 0) is 31.0 Å². The van der Waals surface area contributed by atoms with Crippen molar-refractivity contribution in [2.24, 2.45) is 5.73 Å². The molecule has 1 saturated carbocycles.